The molecule has 2 amide bonds. The molecule has 1 aromatic carbocycles. The minimum Gasteiger partial charge on any atom is -0.424 e. The molecule has 0 atom stereocenters. The number of carbonyl (C=O) groups is 3. The monoisotopic (exact) mass is 671 g/mol. The zero-order valence-electron chi connectivity index (χ0n) is 12.3. The van der Waals surface area contributed by atoms with Crippen LogP contribution in [-0.2, 0) is 23.9 Å². The molecule has 0 saturated heterocycles. The van der Waals surface area contributed by atoms with Crippen LogP contribution < -0.4 is 10.6 Å². The second-order valence-corrected chi connectivity index (χ2v) is 7.44. The van der Waals surface area contributed by atoms with Gasteiger partial charge in [0, 0.05) is 13.8 Å². The first-order valence-corrected chi connectivity index (χ1v) is 9.36. The van der Waals surface area contributed by atoms with Crippen molar-refractivity contribution in [2.45, 2.75) is 13.8 Å². The molecule has 129 valence electrons. The second-order valence-electron chi connectivity index (χ2n) is 4.21. The van der Waals surface area contributed by atoms with E-state index >= 15 is 0 Å². The Hall–Kier alpha value is -0.710. The topological polar surface area (TPSA) is 111 Å². The van der Waals surface area contributed by atoms with Gasteiger partial charge in [-0.05, 0) is 67.8 Å². The molecule has 1 aromatic rings. The number of anilines is 2. The maximum Gasteiger partial charge on any atom is 0.420 e. The van der Waals surface area contributed by atoms with Gasteiger partial charge < -0.3 is 20.1 Å². The molecule has 0 aromatic heterocycles. The van der Waals surface area contributed by atoms with Gasteiger partial charge in [0.15, 0.2) is 0 Å². The summed E-state index contributed by atoms with van der Waals surface area (Å²) in [5.41, 5.74) is 0.893. The molecule has 0 saturated carbocycles. The third kappa shape index (κ3) is 5.40. The van der Waals surface area contributed by atoms with E-state index in [4.69, 9.17) is 4.74 Å². The molecule has 2 N–H and O–H groups in total. The SMILES string of the molecule is CC(=O)Nc1c(I)c(NC(C)=O)c(I)c(C(=O)OCO[C]=O)c1I. The normalized spacial score (nSPS) is 9.88. The van der Waals surface area contributed by atoms with Crippen LogP contribution in [0.2, 0.25) is 0 Å². The summed E-state index contributed by atoms with van der Waals surface area (Å²) < 4.78 is 10.5. The van der Waals surface area contributed by atoms with Gasteiger partial charge in [-0.2, -0.15) is 0 Å². The highest BCUT2D eigenvalue weighted by molar-refractivity contribution is 14.1. The zero-order chi connectivity index (χ0) is 18.4. The quantitative estimate of drug-likeness (QED) is 0.209. The van der Waals surface area contributed by atoms with Gasteiger partial charge in [-0.25, -0.2) is 9.59 Å². The van der Waals surface area contributed by atoms with E-state index in [2.05, 4.69) is 15.4 Å². The van der Waals surface area contributed by atoms with Crippen molar-refractivity contribution in [1.82, 2.24) is 0 Å². The number of ether oxygens (including phenoxy) is 2. The lowest BCUT2D eigenvalue weighted by atomic mass is 10.1. The van der Waals surface area contributed by atoms with Crippen molar-refractivity contribution in [3.8, 4) is 0 Å². The Morgan fingerprint density at radius 1 is 0.958 bits per heavy atom. The van der Waals surface area contributed by atoms with E-state index in [1.54, 1.807) is 0 Å². The molecule has 0 aliphatic rings. The molecular formula is C13H10I3N2O6. The van der Waals surface area contributed by atoms with E-state index in [-0.39, 0.29) is 17.4 Å². The number of hydrogen-bond acceptors (Lipinski definition) is 6. The Labute approximate surface area is 178 Å². The first-order chi connectivity index (χ1) is 11.2. The Balaban J connectivity index is 3.49. The van der Waals surface area contributed by atoms with E-state index in [1.165, 1.54) is 13.8 Å². The highest BCUT2D eigenvalue weighted by Crippen LogP contribution is 2.39. The van der Waals surface area contributed by atoms with Crippen molar-refractivity contribution in [2.75, 3.05) is 17.4 Å². The van der Waals surface area contributed by atoms with Gasteiger partial charge in [0.25, 0.3) is 0 Å². The van der Waals surface area contributed by atoms with Crippen molar-refractivity contribution >= 4 is 103 Å². The van der Waals surface area contributed by atoms with Crippen LogP contribution in [0.3, 0.4) is 0 Å². The van der Waals surface area contributed by atoms with Gasteiger partial charge in [-0.3, -0.25) is 9.59 Å². The molecule has 0 aliphatic carbocycles. The van der Waals surface area contributed by atoms with Crippen molar-refractivity contribution in [2.24, 2.45) is 0 Å². The predicted molar refractivity (Wildman–Crippen MR) is 110 cm³/mol. The number of hydrogen-bond donors (Lipinski definition) is 2. The number of esters is 1. The number of benzene rings is 1. The van der Waals surface area contributed by atoms with Crippen molar-refractivity contribution in [1.29, 1.82) is 0 Å². The first-order valence-electron chi connectivity index (χ1n) is 6.12. The van der Waals surface area contributed by atoms with Crippen LogP contribution in [0.5, 0.6) is 0 Å². The van der Waals surface area contributed by atoms with Gasteiger partial charge in [-0.15, -0.1) is 0 Å². The van der Waals surface area contributed by atoms with Gasteiger partial charge in [0.2, 0.25) is 18.6 Å². The fourth-order valence-electron chi connectivity index (χ4n) is 1.59. The number of halogens is 3. The van der Waals surface area contributed by atoms with Gasteiger partial charge >= 0.3 is 12.4 Å². The fourth-order valence-corrected chi connectivity index (χ4v) is 5.74. The van der Waals surface area contributed by atoms with Crippen LogP contribution in [0.25, 0.3) is 0 Å². The second kappa shape index (κ2) is 9.69. The average molecular weight is 671 g/mol. The lowest BCUT2D eigenvalue weighted by molar-refractivity contribution is -0.115. The molecule has 8 nitrogen and oxygen atoms in total. The summed E-state index contributed by atoms with van der Waals surface area (Å²) in [6.07, 6.45) is 0. The number of rotatable bonds is 6. The molecule has 0 spiro atoms. The van der Waals surface area contributed by atoms with Gasteiger partial charge in [0.1, 0.15) is 0 Å². The third-order valence-electron chi connectivity index (χ3n) is 2.43. The standard InChI is InChI=1S/C13H10I3N2O6/c1-5(20)17-11-8(14)7(13(22)24-4-23-3-19)9(15)12(10(11)16)18-6(2)21/h4H2,1-2H3,(H,17,20)(H,18,21). The van der Waals surface area contributed by atoms with E-state index < -0.39 is 12.8 Å². The smallest absolute Gasteiger partial charge is 0.420 e. The summed E-state index contributed by atoms with van der Waals surface area (Å²) in [5, 5.41) is 5.27. The highest BCUT2D eigenvalue weighted by atomic mass is 127. The molecule has 11 heteroatoms. The molecule has 24 heavy (non-hydrogen) atoms. The van der Waals surface area contributed by atoms with E-state index in [1.807, 2.05) is 67.8 Å². The van der Waals surface area contributed by atoms with Crippen LogP contribution >= 0.6 is 67.8 Å². The lowest BCUT2D eigenvalue weighted by Gasteiger charge is -2.18. The molecule has 0 unspecified atom stereocenters. The predicted octanol–water partition coefficient (Wildman–Crippen LogP) is 2.62. The summed E-state index contributed by atoms with van der Waals surface area (Å²) in [7, 11) is 0. The molecule has 1 radical (unpaired) electrons. The van der Waals surface area contributed by atoms with E-state index in [0.29, 0.717) is 22.1 Å². The molecule has 0 heterocycles. The number of amides is 2. The van der Waals surface area contributed by atoms with Gasteiger partial charge in [-0.1, -0.05) is 0 Å². The minimum atomic E-state index is -0.770. The minimum absolute atomic E-state index is 0.138. The van der Waals surface area contributed by atoms with Crippen molar-refractivity contribution < 1.29 is 28.7 Å². The average Bonchev–Trinajstić information content (AvgIpc) is 2.48. The van der Waals surface area contributed by atoms with Crippen LogP contribution in [-0.4, -0.2) is 31.0 Å². The van der Waals surface area contributed by atoms with E-state index in [0.717, 1.165) is 6.47 Å². The summed E-state index contributed by atoms with van der Waals surface area (Å²) in [6.45, 7) is 3.20. The largest absolute Gasteiger partial charge is 0.424 e. The molecule has 0 aliphatic heterocycles. The van der Waals surface area contributed by atoms with Crippen LogP contribution in [0.4, 0.5) is 11.4 Å². The van der Waals surface area contributed by atoms with Crippen LogP contribution in [0, 0.1) is 10.7 Å². The fraction of sp³-hybridized carbons (Fsp3) is 0.231. The molecular weight excluding hydrogens is 661 g/mol. The maximum atomic E-state index is 12.3. The third-order valence-corrected chi connectivity index (χ3v) is 5.67. The van der Waals surface area contributed by atoms with Crippen LogP contribution in [0.15, 0.2) is 0 Å². The summed E-state index contributed by atoms with van der Waals surface area (Å²) >= 11 is 5.76. The Bertz CT molecular complexity index is 664. The summed E-state index contributed by atoms with van der Waals surface area (Å²) in [6, 6.07) is 0. The van der Waals surface area contributed by atoms with Gasteiger partial charge in [0.05, 0.1) is 27.6 Å². The summed E-state index contributed by atoms with van der Waals surface area (Å²) in [4.78, 5) is 45.2. The lowest BCUT2D eigenvalue weighted by Crippen LogP contribution is -2.19. The van der Waals surface area contributed by atoms with Crippen molar-refractivity contribution in [3.05, 3.63) is 16.3 Å². The molecule has 0 fully saturated rings. The Morgan fingerprint density at radius 2 is 1.42 bits per heavy atom. The zero-order valence-corrected chi connectivity index (χ0v) is 18.8. The summed E-state index contributed by atoms with van der Waals surface area (Å²) in [5.74, 6) is -1.44. The Kier molecular flexibility index (Phi) is 8.61. The highest BCUT2D eigenvalue weighted by Gasteiger charge is 2.26. The first kappa shape index (κ1) is 21.3. The molecule has 0 bridgehead atoms. The maximum absolute atomic E-state index is 12.3. The number of carbonyl (C=O) groups excluding carboxylic acids is 4. The van der Waals surface area contributed by atoms with Crippen LogP contribution in [0.1, 0.15) is 24.2 Å². The van der Waals surface area contributed by atoms with Crippen molar-refractivity contribution in [3.63, 3.8) is 0 Å². The molecule has 1 rings (SSSR count). The number of nitrogens with one attached hydrogen (secondary N) is 2. The Morgan fingerprint density at radius 3 is 1.79 bits per heavy atom. The van der Waals surface area contributed by atoms with E-state index in [9.17, 15) is 19.2 Å².